The number of hydrogen-bond donors (Lipinski definition) is 3. The van der Waals surface area contributed by atoms with Crippen LogP contribution in [0.3, 0.4) is 0 Å². The molecular formula is C9H11NO3. The summed E-state index contributed by atoms with van der Waals surface area (Å²) in [4.78, 5) is 10.5. The zero-order valence-electron chi connectivity index (χ0n) is 6.97. The van der Waals surface area contributed by atoms with Crippen molar-refractivity contribution < 1.29 is 15.0 Å². The standard InChI is InChI=1S/C9H11NO3/c10-4-9(13)8-2-1-7(12)3-6(8)5-11/h1-3,5,9,12-13H,4,10H2. The van der Waals surface area contributed by atoms with E-state index < -0.39 is 6.10 Å². The van der Waals surface area contributed by atoms with Crippen molar-refractivity contribution in [3.63, 3.8) is 0 Å². The Morgan fingerprint density at radius 3 is 2.77 bits per heavy atom. The number of aldehydes is 1. The zero-order chi connectivity index (χ0) is 9.84. The second kappa shape index (κ2) is 4.02. The molecule has 0 aliphatic heterocycles. The van der Waals surface area contributed by atoms with Crippen molar-refractivity contribution in [1.82, 2.24) is 0 Å². The molecule has 0 fully saturated rings. The van der Waals surface area contributed by atoms with Gasteiger partial charge in [-0.2, -0.15) is 0 Å². The number of phenolic OH excluding ortho intramolecular Hbond substituents is 1. The van der Waals surface area contributed by atoms with Crippen LogP contribution in [0.4, 0.5) is 0 Å². The quantitative estimate of drug-likeness (QED) is 0.581. The molecule has 13 heavy (non-hydrogen) atoms. The number of rotatable bonds is 3. The highest BCUT2D eigenvalue weighted by Crippen LogP contribution is 2.20. The number of aliphatic hydroxyl groups is 1. The second-order valence-electron chi connectivity index (χ2n) is 2.68. The molecule has 4 N–H and O–H groups in total. The molecule has 0 aromatic heterocycles. The van der Waals surface area contributed by atoms with Crippen LogP contribution < -0.4 is 5.73 Å². The van der Waals surface area contributed by atoms with Crippen molar-refractivity contribution in [2.45, 2.75) is 6.10 Å². The minimum absolute atomic E-state index is 0.00456. The van der Waals surface area contributed by atoms with Gasteiger partial charge in [0.25, 0.3) is 0 Å². The van der Waals surface area contributed by atoms with E-state index in [1.165, 1.54) is 18.2 Å². The van der Waals surface area contributed by atoms with E-state index in [1.54, 1.807) is 0 Å². The van der Waals surface area contributed by atoms with Gasteiger partial charge in [-0.05, 0) is 17.7 Å². The van der Waals surface area contributed by atoms with Gasteiger partial charge in [0.2, 0.25) is 0 Å². The number of carbonyl (C=O) groups excluding carboxylic acids is 1. The van der Waals surface area contributed by atoms with E-state index in [1.807, 2.05) is 0 Å². The van der Waals surface area contributed by atoms with Gasteiger partial charge < -0.3 is 15.9 Å². The third-order valence-corrected chi connectivity index (χ3v) is 1.78. The summed E-state index contributed by atoms with van der Waals surface area (Å²) < 4.78 is 0. The first-order valence-electron chi connectivity index (χ1n) is 3.85. The summed E-state index contributed by atoms with van der Waals surface area (Å²) in [5.74, 6) is -0.00456. The number of phenols is 1. The van der Waals surface area contributed by atoms with Crippen LogP contribution in [0.15, 0.2) is 18.2 Å². The number of carbonyl (C=O) groups is 1. The van der Waals surface area contributed by atoms with E-state index in [4.69, 9.17) is 10.8 Å². The molecule has 0 amide bonds. The molecule has 0 spiro atoms. The summed E-state index contributed by atoms with van der Waals surface area (Å²) in [5.41, 5.74) is 5.94. The van der Waals surface area contributed by atoms with Gasteiger partial charge in [0.1, 0.15) is 5.75 Å². The maximum Gasteiger partial charge on any atom is 0.150 e. The fourth-order valence-corrected chi connectivity index (χ4v) is 1.09. The second-order valence-corrected chi connectivity index (χ2v) is 2.68. The van der Waals surface area contributed by atoms with Crippen molar-refractivity contribution in [2.24, 2.45) is 5.73 Å². The fraction of sp³-hybridized carbons (Fsp3) is 0.222. The molecule has 0 bridgehead atoms. The Hall–Kier alpha value is -1.39. The van der Waals surface area contributed by atoms with Crippen LogP contribution >= 0.6 is 0 Å². The van der Waals surface area contributed by atoms with Crippen LogP contribution in [-0.4, -0.2) is 23.0 Å². The highest BCUT2D eigenvalue weighted by atomic mass is 16.3. The van der Waals surface area contributed by atoms with E-state index in [-0.39, 0.29) is 17.9 Å². The van der Waals surface area contributed by atoms with E-state index in [2.05, 4.69) is 0 Å². The molecule has 1 rings (SSSR count). The van der Waals surface area contributed by atoms with Gasteiger partial charge in [-0.1, -0.05) is 6.07 Å². The average molecular weight is 181 g/mol. The van der Waals surface area contributed by atoms with Crippen molar-refractivity contribution in [3.8, 4) is 5.75 Å². The Balaban J connectivity index is 3.13. The van der Waals surface area contributed by atoms with Crippen molar-refractivity contribution in [1.29, 1.82) is 0 Å². The van der Waals surface area contributed by atoms with Gasteiger partial charge in [0.05, 0.1) is 6.10 Å². The fourth-order valence-electron chi connectivity index (χ4n) is 1.09. The third kappa shape index (κ3) is 2.05. The largest absolute Gasteiger partial charge is 0.508 e. The molecule has 0 aliphatic carbocycles. The molecule has 0 saturated heterocycles. The maximum atomic E-state index is 10.5. The number of aromatic hydroxyl groups is 1. The topological polar surface area (TPSA) is 83.6 Å². The zero-order valence-corrected chi connectivity index (χ0v) is 6.97. The molecule has 1 aromatic carbocycles. The predicted molar refractivity (Wildman–Crippen MR) is 47.5 cm³/mol. The van der Waals surface area contributed by atoms with Crippen LogP contribution in [0.2, 0.25) is 0 Å². The van der Waals surface area contributed by atoms with Crippen molar-refractivity contribution >= 4 is 6.29 Å². The Morgan fingerprint density at radius 1 is 1.54 bits per heavy atom. The first-order valence-corrected chi connectivity index (χ1v) is 3.85. The molecule has 1 unspecified atom stereocenters. The van der Waals surface area contributed by atoms with E-state index in [9.17, 15) is 9.90 Å². The van der Waals surface area contributed by atoms with E-state index >= 15 is 0 Å². The van der Waals surface area contributed by atoms with Gasteiger partial charge in [0.15, 0.2) is 6.29 Å². The number of nitrogens with two attached hydrogens (primary N) is 1. The first kappa shape index (κ1) is 9.70. The van der Waals surface area contributed by atoms with Crippen LogP contribution in [0.25, 0.3) is 0 Å². The molecule has 4 heteroatoms. The molecule has 0 radical (unpaired) electrons. The molecule has 0 saturated carbocycles. The normalized spacial score (nSPS) is 12.5. The molecule has 1 aromatic rings. The maximum absolute atomic E-state index is 10.5. The SMILES string of the molecule is NCC(O)c1ccc(O)cc1C=O. The van der Waals surface area contributed by atoms with Gasteiger partial charge >= 0.3 is 0 Å². The van der Waals surface area contributed by atoms with Gasteiger partial charge in [0, 0.05) is 12.1 Å². The highest BCUT2D eigenvalue weighted by molar-refractivity contribution is 5.78. The summed E-state index contributed by atoms with van der Waals surface area (Å²) in [5, 5.41) is 18.4. The van der Waals surface area contributed by atoms with Crippen LogP contribution in [0, 0.1) is 0 Å². The average Bonchev–Trinajstić information content (AvgIpc) is 2.16. The minimum Gasteiger partial charge on any atom is -0.508 e. The van der Waals surface area contributed by atoms with Gasteiger partial charge in [-0.3, -0.25) is 4.79 Å². The highest BCUT2D eigenvalue weighted by Gasteiger charge is 2.10. The lowest BCUT2D eigenvalue weighted by Gasteiger charge is -2.10. The van der Waals surface area contributed by atoms with Gasteiger partial charge in [-0.15, -0.1) is 0 Å². The summed E-state index contributed by atoms with van der Waals surface area (Å²) >= 11 is 0. The lowest BCUT2D eigenvalue weighted by molar-refractivity contribution is 0.111. The van der Waals surface area contributed by atoms with Gasteiger partial charge in [-0.25, -0.2) is 0 Å². The number of hydrogen-bond acceptors (Lipinski definition) is 4. The number of aliphatic hydroxyl groups excluding tert-OH is 1. The van der Waals surface area contributed by atoms with E-state index in [0.717, 1.165) is 0 Å². The molecule has 1 atom stereocenters. The predicted octanol–water partition coefficient (Wildman–Crippen LogP) is 0.197. The van der Waals surface area contributed by atoms with Crippen LogP contribution in [0.1, 0.15) is 22.0 Å². The minimum atomic E-state index is -0.860. The Labute approximate surface area is 75.6 Å². The lowest BCUT2D eigenvalue weighted by Crippen LogP contribution is -2.13. The van der Waals surface area contributed by atoms with Crippen molar-refractivity contribution in [2.75, 3.05) is 6.54 Å². The molecule has 70 valence electrons. The summed E-state index contributed by atoms with van der Waals surface area (Å²) in [6.45, 7) is 0.0472. The van der Waals surface area contributed by atoms with Crippen LogP contribution in [-0.2, 0) is 0 Å². The molecule has 4 nitrogen and oxygen atoms in total. The summed E-state index contributed by atoms with van der Waals surface area (Å²) in [6, 6.07) is 4.18. The smallest absolute Gasteiger partial charge is 0.150 e. The third-order valence-electron chi connectivity index (χ3n) is 1.78. The molecular weight excluding hydrogens is 170 g/mol. The summed E-state index contributed by atoms with van der Waals surface area (Å²) in [6.07, 6.45) is -0.283. The lowest BCUT2D eigenvalue weighted by atomic mass is 10.0. The van der Waals surface area contributed by atoms with Crippen LogP contribution in [0.5, 0.6) is 5.75 Å². The Morgan fingerprint density at radius 2 is 2.23 bits per heavy atom. The summed E-state index contributed by atoms with van der Waals surface area (Å²) in [7, 11) is 0. The molecule has 0 aliphatic rings. The first-order chi connectivity index (χ1) is 6.19. The van der Waals surface area contributed by atoms with Crippen molar-refractivity contribution in [3.05, 3.63) is 29.3 Å². The van der Waals surface area contributed by atoms with E-state index in [0.29, 0.717) is 11.8 Å². The monoisotopic (exact) mass is 181 g/mol. The molecule has 0 heterocycles. The Kier molecular flexibility index (Phi) is 3.00. The number of benzene rings is 1. The Bertz CT molecular complexity index is 312.